The highest BCUT2D eigenvalue weighted by Crippen LogP contribution is 2.34. The molecule has 110 valence electrons. The molecule has 1 aromatic rings. The van der Waals surface area contributed by atoms with Gasteiger partial charge in [-0.2, -0.15) is 0 Å². The van der Waals surface area contributed by atoms with Gasteiger partial charge in [0.15, 0.2) is 11.5 Å². The van der Waals surface area contributed by atoms with E-state index in [9.17, 15) is 4.79 Å². The molecule has 1 aliphatic carbocycles. The number of hydrogen-bond acceptors (Lipinski definition) is 4. The number of carbonyl (C=O) groups excluding carboxylic acids is 1. The summed E-state index contributed by atoms with van der Waals surface area (Å²) in [5.41, 5.74) is 0.469. The molecule has 0 radical (unpaired) electrons. The van der Waals surface area contributed by atoms with Crippen molar-refractivity contribution in [1.29, 1.82) is 0 Å². The number of methoxy groups -OCH3 is 3. The third kappa shape index (κ3) is 2.98. The van der Waals surface area contributed by atoms with Crippen molar-refractivity contribution in [3.05, 3.63) is 17.7 Å². The lowest BCUT2D eigenvalue weighted by atomic mass is 10.1. The summed E-state index contributed by atoms with van der Waals surface area (Å²) in [4.78, 5) is 12.4. The zero-order valence-electron chi connectivity index (χ0n) is 12.2. The molecule has 2 rings (SSSR count). The molecular formula is C15H21NO4. The SMILES string of the molecule is COc1cc(OC)c(C(=O)NC2CCCC2)cc1OC. The van der Waals surface area contributed by atoms with Gasteiger partial charge >= 0.3 is 0 Å². The van der Waals surface area contributed by atoms with Gasteiger partial charge in [0.25, 0.3) is 5.91 Å². The number of hydrogen-bond donors (Lipinski definition) is 1. The van der Waals surface area contributed by atoms with E-state index in [4.69, 9.17) is 14.2 Å². The lowest BCUT2D eigenvalue weighted by Gasteiger charge is -2.16. The number of ether oxygens (including phenoxy) is 3. The van der Waals surface area contributed by atoms with E-state index in [1.807, 2.05) is 0 Å². The Kier molecular flexibility index (Phi) is 4.71. The summed E-state index contributed by atoms with van der Waals surface area (Å²) in [7, 11) is 4.63. The first kappa shape index (κ1) is 14.5. The molecule has 1 amide bonds. The van der Waals surface area contributed by atoms with Gasteiger partial charge in [-0.15, -0.1) is 0 Å². The Balaban J connectivity index is 2.26. The van der Waals surface area contributed by atoms with Crippen LogP contribution in [-0.2, 0) is 0 Å². The monoisotopic (exact) mass is 279 g/mol. The van der Waals surface area contributed by atoms with Crippen molar-refractivity contribution in [3.8, 4) is 17.2 Å². The van der Waals surface area contributed by atoms with Crippen LogP contribution in [0.1, 0.15) is 36.0 Å². The van der Waals surface area contributed by atoms with Crippen LogP contribution in [-0.4, -0.2) is 33.3 Å². The number of benzene rings is 1. The summed E-state index contributed by atoms with van der Waals surface area (Å²) in [6, 6.07) is 3.59. The first-order chi connectivity index (χ1) is 9.69. The zero-order valence-corrected chi connectivity index (χ0v) is 12.2. The minimum atomic E-state index is -0.130. The smallest absolute Gasteiger partial charge is 0.255 e. The number of rotatable bonds is 5. The van der Waals surface area contributed by atoms with E-state index in [2.05, 4.69) is 5.32 Å². The van der Waals surface area contributed by atoms with Crippen molar-refractivity contribution in [1.82, 2.24) is 5.32 Å². The maximum atomic E-state index is 12.4. The zero-order chi connectivity index (χ0) is 14.5. The van der Waals surface area contributed by atoms with Crippen molar-refractivity contribution in [2.24, 2.45) is 0 Å². The fourth-order valence-electron chi connectivity index (χ4n) is 2.54. The summed E-state index contributed by atoms with van der Waals surface area (Å²) in [6.45, 7) is 0. The Bertz CT molecular complexity index is 481. The summed E-state index contributed by atoms with van der Waals surface area (Å²) >= 11 is 0. The standard InChI is InChI=1S/C15H21NO4/c1-18-12-9-14(20-3)13(19-2)8-11(12)15(17)16-10-6-4-5-7-10/h8-10H,4-7H2,1-3H3,(H,16,17). The van der Waals surface area contributed by atoms with Crippen molar-refractivity contribution in [2.45, 2.75) is 31.7 Å². The molecule has 5 nitrogen and oxygen atoms in total. The van der Waals surface area contributed by atoms with Crippen LogP contribution in [0.2, 0.25) is 0 Å². The van der Waals surface area contributed by atoms with Gasteiger partial charge in [-0.25, -0.2) is 0 Å². The highest BCUT2D eigenvalue weighted by molar-refractivity contribution is 5.98. The second-order valence-electron chi connectivity index (χ2n) is 4.86. The molecule has 0 heterocycles. The summed E-state index contributed by atoms with van der Waals surface area (Å²) in [5, 5.41) is 3.04. The first-order valence-corrected chi connectivity index (χ1v) is 6.80. The molecule has 1 N–H and O–H groups in total. The van der Waals surface area contributed by atoms with Crippen molar-refractivity contribution in [2.75, 3.05) is 21.3 Å². The minimum absolute atomic E-state index is 0.130. The summed E-state index contributed by atoms with van der Waals surface area (Å²) in [5.74, 6) is 1.42. The van der Waals surface area contributed by atoms with E-state index in [1.165, 1.54) is 20.0 Å². The van der Waals surface area contributed by atoms with Crippen molar-refractivity contribution < 1.29 is 19.0 Å². The predicted octanol–water partition coefficient (Wildman–Crippen LogP) is 2.38. The molecule has 1 aromatic carbocycles. The van der Waals surface area contributed by atoms with E-state index in [0.717, 1.165) is 12.8 Å². The average molecular weight is 279 g/mol. The van der Waals surface area contributed by atoms with Gasteiger partial charge in [-0.3, -0.25) is 4.79 Å². The second kappa shape index (κ2) is 6.50. The molecule has 20 heavy (non-hydrogen) atoms. The highest BCUT2D eigenvalue weighted by atomic mass is 16.5. The normalized spacial score (nSPS) is 14.9. The molecule has 1 aliphatic rings. The predicted molar refractivity (Wildman–Crippen MR) is 75.8 cm³/mol. The Labute approximate surface area is 119 Å². The van der Waals surface area contributed by atoms with Gasteiger partial charge in [0.1, 0.15) is 5.75 Å². The van der Waals surface area contributed by atoms with Gasteiger partial charge in [-0.05, 0) is 12.8 Å². The van der Waals surface area contributed by atoms with E-state index in [1.54, 1.807) is 26.4 Å². The Morgan fingerprint density at radius 3 is 2.10 bits per heavy atom. The van der Waals surface area contributed by atoms with Gasteiger partial charge < -0.3 is 19.5 Å². The number of nitrogens with one attached hydrogen (secondary N) is 1. The van der Waals surface area contributed by atoms with Gasteiger partial charge in [0.05, 0.1) is 26.9 Å². The molecule has 0 saturated heterocycles. The highest BCUT2D eigenvalue weighted by Gasteiger charge is 2.22. The molecular weight excluding hydrogens is 258 g/mol. The van der Waals surface area contributed by atoms with E-state index < -0.39 is 0 Å². The van der Waals surface area contributed by atoms with Crippen molar-refractivity contribution in [3.63, 3.8) is 0 Å². The van der Waals surface area contributed by atoms with Crippen LogP contribution in [0.15, 0.2) is 12.1 Å². The van der Waals surface area contributed by atoms with Crippen LogP contribution in [0.4, 0.5) is 0 Å². The quantitative estimate of drug-likeness (QED) is 0.899. The maximum Gasteiger partial charge on any atom is 0.255 e. The number of amides is 1. The molecule has 0 atom stereocenters. The molecule has 0 aliphatic heterocycles. The van der Waals surface area contributed by atoms with Crippen LogP contribution in [0.3, 0.4) is 0 Å². The average Bonchev–Trinajstić information content (AvgIpc) is 2.98. The van der Waals surface area contributed by atoms with Crippen LogP contribution >= 0.6 is 0 Å². The molecule has 1 saturated carbocycles. The Morgan fingerprint density at radius 1 is 1.00 bits per heavy atom. The van der Waals surface area contributed by atoms with Crippen LogP contribution < -0.4 is 19.5 Å². The third-order valence-electron chi connectivity index (χ3n) is 3.64. The summed E-state index contributed by atoms with van der Waals surface area (Å²) < 4.78 is 15.7. The fourth-order valence-corrected chi connectivity index (χ4v) is 2.54. The number of carbonyl (C=O) groups is 1. The maximum absolute atomic E-state index is 12.4. The first-order valence-electron chi connectivity index (χ1n) is 6.80. The van der Waals surface area contributed by atoms with E-state index >= 15 is 0 Å². The van der Waals surface area contributed by atoms with E-state index in [-0.39, 0.29) is 11.9 Å². The summed E-state index contributed by atoms with van der Waals surface area (Å²) in [6.07, 6.45) is 4.44. The molecule has 0 bridgehead atoms. The molecule has 1 fully saturated rings. The van der Waals surface area contributed by atoms with Gasteiger partial charge in [-0.1, -0.05) is 12.8 Å². The van der Waals surface area contributed by atoms with Crippen LogP contribution in [0.25, 0.3) is 0 Å². The van der Waals surface area contributed by atoms with E-state index in [0.29, 0.717) is 22.8 Å². The van der Waals surface area contributed by atoms with Gasteiger partial charge in [0.2, 0.25) is 0 Å². The third-order valence-corrected chi connectivity index (χ3v) is 3.64. The molecule has 5 heteroatoms. The second-order valence-corrected chi connectivity index (χ2v) is 4.86. The Hall–Kier alpha value is -1.91. The fraction of sp³-hybridized carbons (Fsp3) is 0.533. The minimum Gasteiger partial charge on any atom is -0.496 e. The van der Waals surface area contributed by atoms with Crippen molar-refractivity contribution >= 4 is 5.91 Å². The largest absolute Gasteiger partial charge is 0.496 e. The van der Waals surface area contributed by atoms with Gasteiger partial charge in [0, 0.05) is 18.2 Å². The topological polar surface area (TPSA) is 56.8 Å². The molecule has 0 unspecified atom stereocenters. The lowest BCUT2D eigenvalue weighted by Crippen LogP contribution is -2.32. The van der Waals surface area contributed by atoms with Crippen LogP contribution in [0.5, 0.6) is 17.2 Å². The Morgan fingerprint density at radius 2 is 1.55 bits per heavy atom. The lowest BCUT2D eigenvalue weighted by molar-refractivity contribution is 0.0934. The van der Waals surface area contributed by atoms with Crippen LogP contribution in [0, 0.1) is 0 Å². The molecule has 0 spiro atoms. The molecule has 0 aromatic heterocycles.